The lowest BCUT2D eigenvalue weighted by Gasteiger charge is -2.24. The number of halogens is 1. The Bertz CT molecular complexity index is 292. The molecular weight excluding hydrogens is 216 g/mol. The molecule has 0 aromatic carbocycles. The molecule has 2 atom stereocenters. The summed E-state index contributed by atoms with van der Waals surface area (Å²) in [5.74, 6) is 5.52. The molecule has 86 valence electrons. The van der Waals surface area contributed by atoms with Crippen LogP contribution in [0, 0.1) is 0 Å². The molecule has 0 saturated heterocycles. The lowest BCUT2D eigenvalue weighted by molar-refractivity contribution is 0.0626. The molecule has 3 N–H and O–H groups in total. The van der Waals surface area contributed by atoms with Crippen LogP contribution in [0.1, 0.15) is 25.1 Å². The molecule has 0 bridgehead atoms. The normalized spacial score (nSPS) is 15.3. The zero-order chi connectivity index (χ0) is 11.4. The van der Waals surface area contributed by atoms with Crippen molar-refractivity contribution in [3.63, 3.8) is 0 Å². The van der Waals surface area contributed by atoms with Gasteiger partial charge in [0.2, 0.25) is 0 Å². The van der Waals surface area contributed by atoms with E-state index in [9.17, 15) is 0 Å². The summed E-state index contributed by atoms with van der Waals surface area (Å²) < 4.78 is 7.05. The van der Waals surface area contributed by atoms with E-state index in [-0.39, 0.29) is 12.1 Å². The second-order valence-electron chi connectivity index (χ2n) is 3.33. The van der Waals surface area contributed by atoms with Gasteiger partial charge in [-0.05, 0) is 6.42 Å². The number of aryl methyl sites for hydroxylation is 1. The third-order valence-electron chi connectivity index (χ3n) is 2.49. The number of ether oxygens (including phenoxy) is 1. The summed E-state index contributed by atoms with van der Waals surface area (Å²) in [6.07, 6.45) is 2.42. The van der Waals surface area contributed by atoms with Gasteiger partial charge in [-0.1, -0.05) is 18.5 Å². The largest absolute Gasteiger partial charge is 0.379 e. The van der Waals surface area contributed by atoms with Gasteiger partial charge in [-0.2, -0.15) is 5.10 Å². The van der Waals surface area contributed by atoms with Gasteiger partial charge < -0.3 is 4.74 Å². The van der Waals surface area contributed by atoms with Crippen molar-refractivity contribution in [3.05, 3.63) is 16.9 Å². The van der Waals surface area contributed by atoms with Gasteiger partial charge in [0.15, 0.2) is 0 Å². The van der Waals surface area contributed by atoms with E-state index in [0.29, 0.717) is 5.02 Å². The van der Waals surface area contributed by atoms with Crippen LogP contribution in [0.4, 0.5) is 0 Å². The molecule has 1 aromatic heterocycles. The van der Waals surface area contributed by atoms with Crippen LogP contribution in [0.2, 0.25) is 5.02 Å². The zero-order valence-corrected chi connectivity index (χ0v) is 9.95. The third kappa shape index (κ3) is 2.49. The molecule has 5 nitrogen and oxygen atoms in total. The number of hydrogen-bond acceptors (Lipinski definition) is 4. The molecule has 0 radical (unpaired) electrons. The molecule has 1 rings (SSSR count). The van der Waals surface area contributed by atoms with Gasteiger partial charge in [-0.3, -0.25) is 10.5 Å². The minimum atomic E-state index is -0.153. The Hall–Kier alpha value is -0.620. The number of hydrogen-bond donors (Lipinski definition) is 2. The number of nitrogens with one attached hydrogen (secondary N) is 1. The summed E-state index contributed by atoms with van der Waals surface area (Å²) in [4.78, 5) is 0. The summed E-state index contributed by atoms with van der Waals surface area (Å²) in [5, 5.41) is 4.66. The van der Waals surface area contributed by atoms with Crippen molar-refractivity contribution in [2.75, 3.05) is 7.11 Å². The van der Waals surface area contributed by atoms with E-state index in [4.69, 9.17) is 22.2 Å². The second kappa shape index (κ2) is 5.46. The molecule has 6 heteroatoms. The first kappa shape index (κ1) is 12.4. The van der Waals surface area contributed by atoms with Crippen molar-refractivity contribution >= 4 is 11.6 Å². The van der Waals surface area contributed by atoms with Gasteiger partial charge in [0, 0.05) is 14.2 Å². The van der Waals surface area contributed by atoms with Crippen LogP contribution < -0.4 is 11.3 Å². The van der Waals surface area contributed by atoms with Gasteiger partial charge >= 0.3 is 0 Å². The standard InChI is InChI=1S/C9H17ClN4O/c1-4-7(15-3)8(13-11)9-6(10)5-12-14(9)2/h5,7-8,13H,4,11H2,1-3H3. The van der Waals surface area contributed by atoms with Gasteiger partial charge in [-0.25, -0.2) is 5.43 Å². The molecule has 0 amide bonds. The lowest BCUT2D eigenvalue weighted by Crippen LogP contribution is -2.38. The van der Waals surface area contributed by atoms with Crippen molar-refractivity contribution < 1.29 is 4.74 Å². The SMILES string of the molecule is CCC(OC)C(NN)c1c(Cl)cnn1C. The van der Waals surface area contributed by atoms with Crippen LogP contribution in [0.25, 0.3) is 0 Å². The number of rotatable bonds is 5. The van der Waals surface area contributed by atoms with Crippen LogP contribution in [-0.2, 0) is 11.8 Å². The number of nitrogens with two attached hydrogens (primary N) is 1. The predicted molar refractivity (Wildman–Crippen MR) is 59.4 cm³/mol. The molecular formula is C9H17ClN4O. The highest BCUT2D eigenvalue weighted by Crippen LogP contribution is 2.26. The van der Waals surface area contributed by atoms with Crippen molar-refractivity contribution in [1.82, 2.24) is 15.2 Å². The van der Waals surface area contributed by atoms with E-state index in [2.05, 4.69) is 10.5 Å². The van der Waals surface area contributed by atoms with Crippen molar-refractivity contribution in [3.8, 4) is 0 Å². The van der Waals surface area contributed by atoms with E-state index in [1.807, 2.05) is 14.0 Å². The maximum absolute atomic E-state index is 6.04. The maximum atomic E-state index is 6.04. The molecule has 2 unspecified atom stereocenters. The van der Waals surface area contributed by atoms with E-state index < -0.39 is 0 Å². The smallest absolute Gasteiger partial charge is 0.0905 e. The third-order valence-corrected chi connectivity index (χ3v) is 2.78. The lowest BCUT2D eigenvalue weighted by atomic mass is 10.1. The quantitative estimate of drug-likeness (QED) is 0.587. The number of methoxy groups -OCH3 is 1. The molecule has 0 aliphatic rings. The van der Waals surface area contributed by atoms with Gasteiger partial charge in [0.1, 0.15) is 0 Å². The topological polar surface area (TPSA) is 65.1 Å². The molecule has 1 heterocycles. The first-order chi connectivity index (χ1) is 7.15. The van der Waals surface area contributed by atoms with E-state index in [1.54, 1.807) is 18.0 Å². The van der Waals surface area contributed by atoms with E-state index >= 15 is 0 Å². The zero-order valence-electron chi connectivity index (χ0n) is 9.20. The molecule has 0 saturated carbocycles. The second-order valence-corrected chi connectivity index (χ2v) is 3.74. The summed E-state index contributed by atoms with van der Waals surface area (Å²) in [6, 6.07) is -0.153. The molecule has 1 aromatic rings. The fourth-order valence-electron chi connectivity index (χ4n) is 1.67. The molecule has 0 spiro atoms. The van der Waals surface area contributed by atoms with E-state index in [1.165, 1.54) is 0 Å². The van der Waals surface area contributed by atoms with Crippen LogP contribution in [0.3, 0.4) is 0 Å². The Morgan fingerprint density at radius 3 is 2.73 bits per heavy atom. The Morgan fingerprint density at radius 2 is 2.40 bits per heavy atom. The highest BCUT2D eigenvalue weighted by Gasteiger charge is 2.25. The van der Waals surface area contributed by atoms with Gasteiger partial charge in [0.25, 0.3) is 0 Å². The highest BCUT2D eigenvalue weighted by atomic mass is 35.5. The number of nitrogens with zero attached hydrogens (tertiary/aromatic N) is 2. The minimum Gasteiger partial charge on any atom is -0.379 e. The summed E-state index contributed by atoms with van der Waals surface area (Å²) >= 11 is 6.04. The number of hydrazine groups is 1. The Labute approximate surface area is 94.5 Å². The monoisotopic (exact) mass is 232 g/mol. The van der Waals surface area contributed by atoms with Crippen molar-refractivity contribution in [2.24, 2.45) is 12.9 Å². The summed E-state index contributed by atoms with van der Waals surface area (Å²) in [5.41, 5.74) is 3.56. The van der Waals surface area contributed by atoms with Crippen LogP contribution in [-0.4, -0.2) is 23.0 Å². The fraction of sp³-hybridized carbons (Fsp3) is 0.667. The summed E-state index contributed by atoms with van der Waals surface area (Å²) in [6.45, 7) is 2.03. The highest BCUT2D eigenvalue weighted by molar-refractivity contribution is 6.31. The van der Waals surface area contributed by atoms with Gasteiger partial charge in [-0.15, -0.1) is 0 Å². The Balaban J connectivity index is 3.01. The molecule has 0 aliphatic carbocycles. The fourth-order valence-corrected chi connectivity index (χ4v) is 1.95. The minimum absolute atomic E-state index is 0.0251. The molecule has 15 heavy (non-hydrogen) atoms. The predicted octanol–water partition coefficient (Wildman–Crippen LogP) is 1.00. The van der Waals surface area contributed by atoms with E-state index in [0.717, 1.165) is 12.1 Å². The average Bonchev–Trinajstić information content (AvgIpc) is 2.56. The molecule has 0 aliphatic heterocycles. The Morgan fingerprint density at radius 1 is 1.73 bits per heavy atom. The number of aromatic nitrogens is 2. The van der Waals surface area contributed by atoms with Crippen molar-refractivity contribution in [2.45, 2.75) is 25.5 Å². The Kier molecular flexibility index (Phi) is 4.53. The first-order valence-electron chi connectivity index (χ1n) is 4.82. The summed E-state index contributed by atoms with van der Waals surface area (Å²) in [7, 11) is 3.48. The van der Waals surface area contributed by atoms with Crippen LogP contribution >= 0.6 is 11.6 Å². The van der Waals surface area contributed by atoms with Crippen LogP contribution in [0.5, 0.6) is 0 Å². The van der Waals surface area contributed by atoms with Crippen LogP contribution in [0.15, 0.2) is 6.20 Å². The average molecular weight is 233 g/mol. The van der Waals surface area contributed by atoms with Gasteiger partial charge in [0.05, 0.1) is 29.1 Å². The maximum Gasteiger partial charge on any atom is 0.0905 e. The first-order valence-corrected chi connectivity index (χ1v) is 5.19. The molecule has 0 fully saturated rings. The van der Waals surface area contributed by atoms with Crippen molar-refractivity contribution in [1.29, 1.82) is 0 Å².